The highest BCUT2D eigenvalue weighted by Crippen LogP contribution is 2.23. The van der Waals surface area contributed by atoms with E-state index in [0.717, 1.165) is 12.4 Å². The summed E-state index contributed by atoms with van der Waals surface area (Å²) in [5.41, 5.74) is 0. The molecule has 0 bridgehead atoms. The lowest BCUT2D eigenvalue weighted by Crippen LogP contribution is -2.27. The summed E-state index contributed by atoms with van der Waals surface area (Å²) in [7, 11) is 0. The molecule has 1 aliphatic rings. The topological polar surface area (TPSA) is 29.0 Å². The van der Waals surface area contributed by atoms with Crippen LogP contribution >= 0.6 is 11.6 Å². The molecule has 3 nitrogen and oxygen atoms in total. The maximum absolute atomic E-state index is 5.72. The summed E-state index contributed by atoms with van der Waals surface area (Å²) in [6, 6.07) is 2.49. The Balaban J connectivity index is 2.24. The predicted octanol–water partition coefficient (Wildman–Crippen LogP) is 2.12. The van der Waals surface area contributed by atoms with Crippen molar-refractivity contribution in [3.63, 3.8) is 0 Å². The van der Waals surface area contributed by atoms with E-state index in [-0.39, 0.29) is 0 Å². The monoisotopic (exact) mass is 197 g/mol. The summed E-state index contributed by atoms with van der Waals surface area (Å²) < 4.78 is 0. The van der Waals surface area contributed by atoms with E-state index >= 15 is 0 Å². The van der Waals surface area contributed by atoms with Crippen LogP contribution < -0.4 is 4.90 Å². The van der Waals surface area contributed by atoms with E-state index < -0.39 is 0 Å². The summed E-state index contributed by atoms with van der Waals surface area (Å²) in [5.74, 6) is 0.949. The third-order valence-electron chi connectivity index (χ3n) is 2.46. The molecule has 1 atom stereocenters. The zero-order chi connectivity index (χ0) is 9.26. The Morgan fingerprint density at radius 3 is 3.08 bits per heavy atom. The van der Waals surface area contributed by atoms with Gasteiger partial charge in [0.2, 0.25) is 5.28 Å². The molecule has 0 N–H and O–H groups in total. The average Bonchev–Trinajstić information content (AvgIpc) is 2.51. The summed E-state index contributed by atoms with van der Waals surface area (Å²) in [4.78, 5) is 10.3. The number of nitrogens with zero attached hydrogens (tertiary/aromatic N) is 3. The van der Waals surface area contributed by atoms with Crippen molar-refractivity contribution in [3.05, 3.63) is 17.5 Å². The smallest absolute Gasteiger partial charge is 0.224 e. The molecule has 0 aliphatic carbocycles. The van der Waals surface area contributed by atoms with Gasteiger partial charge in [0.15, 0.2) is 0 Å². The van der Waals surface area contributed by atoms with Gasteiger partial charge in [-0.15, -0.1) is 0 Å². The van der Waals surface area contributed by atoms with Gasteiger partial charge < -0.3 is 4.90 Å². The summed E-state index contributed by atoms with van der Waals surface area (Å²) in [6.45, 7) is 3.29. The SMILES string of the molecule is CC1CCCN1c1ccnc(Cl)n1. The molecule has 0 spiro atoms. The first-order chi connectivity index (χ1) is 6.27. The zero-order valence-electron chi connectivity index (χ0n) is 7.57. The van der Waals surface area contributed by atoms with Crippen LogP contribution in [0.5, 0.6) is 0 Å². The van der Waals surface area contributed by atoms with Crippen molar-refractivity contribution in [2.45, 2.75) is 25.8 Å². The molecule has 70 valence electrons. The lowest BCUT2D eigenvalue weighted by atomic mass is 10.2. The largest absolute Gasteiger partial charge is 0.354 e. The number of halogens is 1. The maximum atomic E-state index is 5.72. The number of anilines is 1. The van der Waals surface area contributed by atoms with Crippen molar-refractivity contribution in [3.8, 4) is 0 Å². The summed E-state index contributed by atoms with van der Waals surface area (Å²) in [6.07, 6.45) is 4.18. The first-order valence-corrected chi connectivity index (χ1v) is 4.90. The van der Waals surface area contributed by atoms with Gasteiger partial charge >= 0.3 is 0 Å². The Bertz CT molecular complexity index is 303. The lowest BCUT2D eigenvalue weighted by molar-refractivity contribution is 0.726. The standard InChI is InChI=1S/C9H12ClN3/c1-7-3-2-6-13(7)8-4-5-11-9(10)12-8/h4-5,7H,2-3,6H2,1H3. The average molecular weight is 198 g/mol. The molecular weight excluding hydrogens is 186 g/mol. The van der Waals surface area contributed by atoms with Gasteiger partial charge in [0.1, 0.15) is 5.82 Å². The molecule has 1 aromatic rings. The normalized spacial score (nSPS) is 22.3. The maximum Gasteiger partial charge on any atom is 0.224 e. The second-order valence-corrected chi connectivity index (χ2v) is 3.71. The molecule has 0 amide bonds. The van der Waals surface area contributed by atoms with Crippen LogP contribution in [0.25, 0.3) is 0 Å². The minimum Gasteiger partial charge on any atom is -0.354 e. The second kappa shape index (κ2) is 3.50. The van der Waals surface area contributed by atoms with E-state index in [1.165, 1.54) is 12.8 Å². The molecule has 0 saturated carbocycles. The Labute approximate surface area is 82.8 Å². The molecule has 1 fully saturated rings. The predicted molar refractivity (Wildman–Crippen MR) is 53.1 cm³/mol. The van der Waals surface area contributed by atoms with Crippen LogP contribution in [0.4, 0.5) is 5.82 Å². The molecule has 1 aliphatic heterocycles. The van der Waals surface area contributed by atoms with E-state index in [0.29, 0.717) is 11.3 Å². The van der Waals surface area contributed by atoms with Crippen LogP contribution in [0.2, 0.25) is 5.28 Å². The molecule has 1 aromatic heterocycles. The highest BCUT2D eigenvalue weighted by molar-refractivity contribution is 6.28. The zero-order valence-corrected chi connectivity index (χ0v) is 8.33. The van der Waals surface area contributed by atoms with Crippen LogP contribution in [0, 0.1) is 0 Å². The fourth-order valence-electron chi connectivity index (χ4n) is 1.76. The molecule has 1 unspecified atom stereocenters. The molecule has 0 radical (unpaired) electrons. The highest BCUT2D eigenvalue weighted by Gasteiger charge is 2.21. The van der Waals surface area contributed by atoms with Gasteiger partial charge in [-0.05, 0) is 37.4 Å². The summed E-state index contributed by atoms with van der Waals surface area (Å²) in [5, 5.41) is 0.330. The van der Waals surface area contributed by atoms with Crippen molar-refractivity contribution in [1.82, 2.24) is 9.97 Å². The van der Waals surface area contributed by atoms with Gasteiger partial charge in [0.05, 0.1) is 0 Å². The minimum absolute atomic E-state index is 0.330. The van der Waals surface area contributed by atoms with Gasteiger partial charge in [0.25, 0.3) is 0 Å². The molecule has 0 aromatic carbocycles. The molecule has 2 heterocycles. The first-order valence-electron chi connectivity index (χ1n) is 4.52. The quantitative estimate of drug-likeness (QED) is 0.646. The van der Waals surface area contributed by atoms with E-state index in [4.69, 9.17) is 11.6 Å². The van der Waals surface area contributed by atoms with Crippen molar-refractivity contribution in [1.29, 1.82) is 0 Å². The van der Waals surface area contributed by atoms with E-state index in [9.17, 15) is 0 Å². The molecule has 2 rings (SSSR count). The lowest BCUT2D eigenvalue weighted by Gasteiger charge is -2.21. The third kappa shape index (κ3) is 1.75. The number of hydrogen-bond acceptors (Lipinski definition) is 3. The van der Waals surface area contributed by atoms with E-state index in [1.807, 2.05) is 6.07 Å². The van der Waals surface area contributed by atoms with Crippen LogP contribution in [-0.4, -0.2) is 22.6 Å². The highest BCUT2D eigenvalue weighted by atomic mass is 35.5. The van der Waals surface area contributed by atoms with Crippen LogP contribution in [0.15, 0.2) is 12.3 Å². The van der Waals surface area contributed by atoms with Crippen molar-refractivity contribution in [2.24, 2.45) is 0 Å². The van der Waals surface area contributed by atoms with Crippen molar-refractivity contribution < 1.29 is 0 Å². The van der Waals surface area contributed by atoms with Gasteiger partial charge in [-0.1, -0.05) is 0 Å². The third-order valence-corrected chi connectivity index (χ3v) is 2.64. The fraction of sp³-hybridized carbons (Fsp3) is 0.556. The Hall–Kier alpha value is -0.830. The molecule has 13 heavy (non-hydrogen) atoms. The van der Waals surface area contributed by atoms with Crippen LogP contribution in [-0.2, 0) is 0 Å². The van der Waals surface area contributed by atoms with Gasteiger partial charge in [-0.25, -0.2) is 9.97 Å². The first kappa shape index (κ1) is 8.75. The molecule has 4 heteroatoms. The Morgan fingerprint density at radius 2 is 2.46 bits per heavy atom. The minimum atomic E-state index is 0.330. The fourth-order valence-corrected chi connectivity index (χ4v) is 1.90. The van der Waals surface area contributed by atoms with Crippen molar-refractivity contribution in [2.75, 3.05) is 11.4 Å². The number of aromatic nitrogens is 2. The van der Waals surface area contributed by atoms with Gasteiger partial charge in [-0.2, -0.15) is 0 Å². The van der Waals surface area contributed by atoms with Crippen LogP contribution in [0.1, 0.15) is 19.8 Å². The Morgan fingerprint density at radius 1 is 1.62 bits per heavy atom. The summed E-state index contributed by atoms with van der Waals surface area (Å²) >= 11 is 5.72. The van der Waals surface area contributed by atoms with Crippen LogP contribution in [0.3, 0.4) is 0 Å². The number of rotatable bonds is 1. The second-order valence-electron chi connectivity index (χ2n) is 3.37. The van der Waals surface area contributed by atoms with Gasteiger partial charge in [-0.3, -0.25) is 0 Å². The molecular formula is C9H12ClN3. The van der Waals surface area contributed by atoms with E-state index in [1.54, 1.807) is 6.20 Å². The molecule has 1 saturated heterocycles. The number of hydrogen-bond donors (Lipinski definition) is 0. The van der Waals surface area contributed by atoms with E-state index in [2.05, 4.69) is 21.8 Å². The van der Waals surface area contributed by atoms with Crippen molar-refractivity contribution >= 4 is 17.4 Å². The Kier molecular flexibility index (Phi) is 2.36. The van der Waals surface area contributed by atoms with Gasteiger partial charge in [0, 0.05) is 18.8 Å².